The fraction of sp³-hybridized carbons (Fsp3) is 0.800. The molecule has 0 heterocycles. The van der Waals surface area contributed by atoms with Crippen molar-refractivity contribution < 1.29 is 18.3 Å². The SMILES string of the molecule is N#CC(CO)NCC(F)(F)F. The zero-order valence-electron chi connectivity index (χ0n) is 5.52. The van der Waals surface area contributed by atoms with E-state index in [0.717, 1.165) is 0 Å². The molecule has 0 bridgehead atoms. The van der Waals surface area contributed by atoms with Gasteiger partial charge in [-0.1, -0.05) is 0 Å². The lowest BCUT2D eigenvalue weighted by molar-refractivity contribution is -0.125. The molecule has 1 atom stereocenters. The van der Waals surface area contributed by atoms with Gasteiger partial charge in [-0.3, -0.25) is 5.32 Å². The largest absolute Gasteiger partial charge is 0.401 e. The van der Waals surface area contributed by atoms with Crippen molar-refractivity contribution in [1.82, 2.24) is 5.32 Å². The second-order valence-corrected chi connectivity index (χ2v) is 1.86. The minimum Gasteiger partial charge on any atom is -0.394 e. The molecule has 0 aromatic heterocycles. The molecule has 0 fully saturated rings. The lowest BCUT2D eigenvalue weighted by Gasteiger charge is -2.10. The summed E-state index contributed by atoms with van der Waals surface area (Å²) >= 11 is 0. The monoisotopic (exact) mass is 168 g/mol. The molecule has 0 radical (unpaired) electrons. The predicted octanol–water partition coefficient (Wildman–Crippen LogP) is 0.0228. The molecule has 3 nitrogen and oxygen atoms in total. The number of nitriles is 1. The van der Waals surface area contributed by atoms with E-state index in [4.69, 9.17) is 10.4 Å². The summed E-state index contributed by atoms with van der Waals surface area (Å²) in [6.45, 7) is -1.88. The molecule has 0 aliphatic heterocycles. The van der Waals surface area contributed by atoms with Crippen LogP contribution in [0.2, 0.25) is 0 Å². The molecule has 1 unspecified atom stereocenters. The molecule has 11 heavy (non-hydrogen) atoms. The van der Waals surface area contributed by atoms with Crippen molar-refractivity contribution in [3.8, 4) is 6.07 Å². The Morgan fingerprint density at radius 2 is 2.09 bits per heavy atom. The van der Waals surface area contributed by atoms with Crippen molar-refractivity contribution in [3.63, 3.8) is 0 Å². The number of nitrogens with zero attached hydrogens (tertiary/aromatic N) is 1. The average Bonchev–Trinajstić information content (AvgIpc) is 1.88. The molecule has 0 aliphatic rings. The molecule has 6 heteroatoms. The van der Waals surface area contributed by atoms with Crippen LogP contribution in [0.25, 0.3) is 0 Å². The molecule has 0 aliphatic carbocycles. The lowest BCUT2D eigenvalue weighted by Crippen LogP contribution is -2.38. The van der Waals surface area contributed by atoms with Crippen molar-refractivity contribution >= 4 is 0 Å². The summed E-state index contributed by atoms with van der Waals surface area (Å²) in [4.78, 5) is 0. The molecule has 0 saturated carbocycles. The van der Waals surface area contributed by atoms with E-state index in [1.54, 1.807) is 0 Å². The minimum absolute atomic E-state index is 0.618. The van der Waals surface area contributed by atoms with Gasteiger partial charge in [0, 0.05) is 0 Å². The van der Waals surface area contributed by atoms with Crippen LogP contribution in [-0.2, 0) is 0 Å². The van der Waals surface area contributed by atoms with Crippen LogP contribution < -0.4 is 5.32 Å². The normalized spacial score (nSPS) is 14.1. The number of aliphatic hydroxyl groups excluding tert-OH is 1. The highest BCUT2D eigenvalue weighted by molar-refractivity contribution is 4.89. The Hall–Kier alpha value is -0.800. The van der Waals surface area contributed by atoms with Crippen molar-refractivity contribution in [3.05, 3.63) is 0 Å². The summed E-state index contributed by atoms with van der Waals surface area (Å²) < 4.78 is 34.3. The van der Waals surface area contributed by atoms with Gasteiger partial charge in [-0.15, -0.1) is 0 Å². The Kier molecular flexibility index (Phi) is 3.85. The number of alkyl halides is 3. The molecule has 2 N–H and O–H groups in total. The van der Waals surface area contributed by atoms with Crippen molar-refractivity contribution in [2.45, 2.75) is 12.2 Å². The third-order valence-electron chi connectivity index (χ3n) is 0.887. The van der Waals surface area contributed by atoms with Crippen molar-refractivity contribution in [2.24, 2.45) is 0 Å². The number of halogens is 3. The van der Waals surface area contributed by atoms with Crippen molar-refractivity contribution in [1.29, 1.82) is 5.26 Å². The van der Waals surface area contributed by atoms with Gasteiger partial charge in [0.1, 0.15) is 6.04 Å². The smallest absolute Gasteiger partial charge is 0.394 e. The summed E-state index contributed by atoms with van der Waals surface area (Å²) in [5.74, 6) is 0. The van der Waals surface area contributed by atoms with Gasteiger partial charge in [0.25, 0.3) is 0 Å². The van der Waals surface area contributed by atoms with Gasteiger partial charge in [-0.05, 0) is 0 Å². The van der Waals surface area contributed by atoms with Crippen molar-refractivity contribution in [2.75, 3.05) is 13.2 Å². The Bertz CT molecular complexity index is 151. The van der Waals surface area contributed by atoms with Gasteiger partial charge in [0.05, 0.1) is 19.2 Å². The fourth-order valence-corrected chi connectivity index (χ4v) is 0.390. The third kappa shape index (κ3) is 5.63. The van der Waals surface area contributed by atoms with Gasteiger partial charge in [-0.25, -0.2) is 0 Å². The van der Waals surface area contributed by atoms with Crippen LogP contribution in [0.15, 0.2) is 0 Å². The molecule has 0 spiro atoms. The van der Waals surface area contributed by atoms with Gasteiger partial charge in [0.15, 0.2) is 0 Å². The van der Waals surface area contributed by atoms with E-state index < -0.39 is 25.4 Å². The molecule has 0 aromatic carbocycles. The topological polar surface area (TPSA) is 56.0 Å². The quantitative estimate of drug-likeness (QED) is 0.624. The minimum atomic E-state index is -4.34. The van der Waals surface area contributed by atoms with Crippen LogP contribution in [0.3, 0.4) is 0 Å². The van der Waals surface area contributed by atoms with Gasteiger partial charge < -0.3 is 5.11 Å². The summed E-state index contributed by atoms with van der Waals surface area (Å²) in [6, 6.07) is 0.321. The number of hydrogen-bond donors (Lipinski definition) is 2. The van der Waals surface area contributed by atoms with E-state index >= 15 is 0 Å². The first-order valence-corrected chi connectivity index (χ1v) is 2.80. The van der Waals surface area contributed by atoms with Crippen LogP contribution in [0.5, 0.6) is 0 Å². The third-order valence-corrected chi connectivity index (χ3v) is 0.887. The zero-order valence-corrected chi connectivity index (χ0v) is 5.52. The van der Waals surface area contributed by atoms with Gasteiger partial charge in [0.2, 0.25) is 0 Å². The predicted molar refractivity (Wildman–Crippen MR) is 30.5 cm³/mol. The highest BCUT2D eigenvalue weighted by Gasteiger charge is 2.27. The van der Waals surface area contributed by atoms with E-state index in [0.29, 0.717) is 0 Å². The summed E-state index contributed by atoms with van der Waals surface area (Å²) in [6.07, 6.45) is -4.34. The second-order valence-electron chi connectivity index (χ2n) is 1.86. The first kappa shape index (κ1) is 10.2. The van der Waals surface area contributed by atoms with Crippen LogP contribution in [0, 0.1) is 11.3 Å². The Morgan fingerprint density at radius 3 is 2.36 bits per heavy atom. The number of hydrogen-bond acceptors (Lipinski definition) is 3. The standard InChI is InChI=1S/C5H7F3N2O/c6-5(7,8)3-10-4(1-9)2-11/h4,10-11H,2-3H2. The number of rotatable bonds is 3. The van der Waals surface area contributed by atoms with Gasteiger partial charge >= 0.3 is 6.18 Å². The molecule has 0 aromatic rings. The molecule has 0 saturated heterocycles. The first-order chi connectivity index (χ1) is 4.99. The number of nitrogens with one attached hydrogen (secondary N) is 1. The van der Waals surface area contributed by atoms with E-state index in [1.165, 1.54) is 6.07 Å². The Morgan fingerprint density at radius 1 is 1.55 bits per heavy atom. The number of aliphatic hydroxyl groups is 1. The zero-order chi connectivity index (χ0) is 8.91. The molecule has 0 amide bonds. The van der Waals surface area contributed by atoms with E-state index in [9.17, 15) is 13.2 Å². The maximum atomic E-state index is 11.4. The van der Waals surface area contributed by atoms with E-state index in [2.05, 4.69) is 0 Å². The molecule has 0 rings (SSSR count). The lowest BCUT2D eigenvalue weighted by atomic mass is 10.3. The summed E-state index contributed by atoms with van der Waals surface area (Å²) in [5.41, 5.74) is 0. The highest BCUT2D eigenvalue weighted by Crippen LogP contribution is 2.12. The summed E-state index contributed by atoms with van der Waals surface area (Å²) in [5, 5.41) is 18.2. The second kappa shape index (κ2) is 4.16. The van der Waals surface area contributed by atoms with Crippen LogP contribution in [0.1, 0.15) is 0 Å². The Labute approximate surface area is 61.4 Å². The van der Waals surface area contributed by atoms with Gasteiger partial charge in [-0.2, -0.15) is 18.4 Å². The van der Waals surface area contributed by atoms with E-state index in [1.807, 2.05) is 5.32 Å². The molecular weight excluding hydrogens is 161 g/mol. The van der Waals surface area contributed by atoms with Crippen LogP contribution in [-0.4, -0.2) is 30.5 Å². The summed E-state index contributed by atoms with van der Waals surface area (Å²) in [7, 11) is 0. The molecule has 64 valence electrons. The highest BCUT2D eigenvalue weighted by atomic mass is 19.4. The molecular formula is C5H7F3N2O. The van der Waals surface area contributed by atoms with Crippen LogP contribution in [0.4, 0.5) is 13.2 Å². The van der Waals surface area contributed by atoms with Crippen LogP contribution >= 0.6 is 0 Å². The Balaban J connectivity index is 3.62. The fourth-order valence-electron chi connectivity index (χ4n) is 0.390. The first-order valence-electron chi connectivity index (χ1n) is 2.80. The maximum Gasteiger partial charge on any atom is 0.401 e. The average molecular weight is 168 g/mol. The van der Waals surface area contributed by atoms with E-state index in [-0.39, 0.29) is 0 Å². The maximum absolute atomic E-state index is 11.4.